The van der Waals surface area contributed by atoms with E-state index < -0.39 is 11.6 Å². The third-order valence-electron chi connectivity index (χ3n) is 2.29. The van der Waals surface area contributed by atoms with Gasteiger partial charge >= 0.3 is 0 Å². The van der Waals surface area contributed by atoms with Crippen LogP contribution in [-0.4, -0.2) is 12.9 Å². The lowest BCUT2D eigenvalue weighted by atomic mass is 10.1. The Morgan fingerprint density at radius 2 is 2.17 bits per heavy atom. The number of hydrogen-bond donors (Lipinski definition) is 0. The highest BCUT2D eigenvalue weighted by atomic mass is 79.9. The zero-order chi connectivity index (χ0) is 13.3. The normalized spacial score (nSPS) is 10.4. The molecule has 0 aliphatic carbocycles. The topological polar surface area (TPSA) is 26.3 Å². The second-order valence-corrected chi connectivity index (χ2v) is 6.18. The van der Waals surface area contributed by atoms with Gasteiger partial charge in [0.05, 0.1) is 26.4 Å². The summed E-state index contributed by atoms with van der Waals surface area (Å²) in [4.78, 5) is 12.5. The smallest absolute Gasteiger partial charge is 0.205 e. The lowest BCUT2D eigenvalue weighted by molar-refractivity contribution is 0.103. The van der Waals surface area contributed by atoms with E-state index in [0.717, 1.165) is 0 Å². The van der Waals surface area contributed by atoms with Crippen LogP contribution in [0.1, 0.15) is 15.2 Å². The lowest BCUT2D eigenvalue weighted by Gasteiger charge is -2.03. The van der Waals surface area contributed by atoms with Crippen LogP contribution in [0.2, 0.25) is 5.02 Å². The van der Waals surface area contributed by atoms with Crippen LogP contribution in [0.5, 0.6) is 5.75 Å². The Hall–Kier alpha value is -0.910. The molecule has 0 unspecified atom stereocenters. The molecule has 0 fully saturated rings. The highest BCUT2D eigenvalue weighted by molar-refractivity contribution is 9.11. The fourth-order valence-electron chi connectivity index (χ4n) is 1.40. The Balaban J connectivity index is 2.40. The van der Waals surface area contributed by atoms with Crippen molar-refractivity contribution in [3.63, 3.8) is 0 Å². The molecule has 0 atom stereocenters. The van der Waals surface area contributed by atoms with Gasteiger partial charge in [-0.15, -0.1) is 11.3 Å². The quantitative estimate of drug-likeness (QED) is 0.760. The molecule has 2 nitrogen and oxygen atoms in total. The first-order valence-electron chi connectivity index (χ1n) is 4.86. The highest BCUT2D eigenvalue weighted by Crippen LogP contribution is 2.33. The summed E-state index contributed by atoms with van der Waals surface area (Å²) in [6, 6.07) is 5.64. The van der Waals surface area contributed by atoms with Gasteiger partial charge in [-0.2, -0.15) is 0 Å². The summed E-state index contributed by atoms with van der Waals surface area (Å²) in [5.41, 5.74) is 0.00113. The van der Waals surface area contributed by atoms with Gasteiger partial charge < -0.3 is 4.74 Å². The van der Waals surface area contributed by atoms with Crippen LogP contribution in [-0.2, 0) is 0 Å². The first kappa shape index (κ1) is 13.5. The van der Waals surface area contributed by atoms with Crippen LogP contribution in [0.4, 0.5) is 4.39 Å². The number of thiophene rings is 1. The monoisotopic (exact) mass is 348 g/mol. The Morgan fingerprint density at radius 3 is 2.67 bits per heavy atom. The number of hydrogen-bond acceptors (Lipinski definition) is 3. The van der Waals surface area contributed by atoms with Crippen LogP contribution in [0.3, 0.4) is 0 Å². The average molecular weight is 350 g/mol. The van der Waals surface area contributed by atoms with Crippen molar-refractivity contribution in [2.75, 3.05) is 7.11 Å². The van der Waals surface area contributed by atoms with Crippen LogP contribution >= 0.6 is 38.9 Å². The molecule has 1 aromatic heterocycles. The second-order valence-electron chi connectivity index (χ2n) is 3.41. The minimum atomic E-state index is -0.611. The van der Waals surface area contributed by atoms with E-state index in [1.807, 2.05) is 0 Å². The molecule has 0 N–H and O–H groups in total. The summed E-state index contributed by atoms with van der Waals surface area (Å²) in [5.74, 6) is -0.637. The number of methoxy groups -OCH3 is 1. The van der Waals surface area contributed by atoms with Gasteiger partial charge in [0, 0.05) is 6.07 Å². The second kappa shape index (κ2) is 5.38. The van der Waals surface area contributed by atoms with E-state index in [0.29, 0.717) is 19.4 Å². The average Bonchev–Trinajstić information content (AvgIpc) is 2.68. The zero-order valence-corrected chi connectivity index (χ0v) is 12.3. The van der Waals surface area contributed by atoms with Crippen molar-refractivity contribution in [3.05, 3.63) is 49.3 Å². The van der Waals surface area contributed by atoms with Gasteiger partial charge in [-0.3, -0.25) is 4.79 Å². The Morgan fingerprint density at radius 1 is 1.44 bits per heavy atom. The number of rotatable bonds is 3. The van der Waals surface area contributed by atoms with Crippen molar-refractivity contribution >= 4 is 44.7 Å². The van der Waals surface area contributed by atoms with Gasteiger partial charge in [-0.1, -0.05) is 11.6 Å². The molecule has 94 valence electrons. The highest BCUT2D eigenvalue weighted by Gasteiger charge is 2.18. The summed E-state index contributed by atoms with van der Waals surface area (Å²) >= 11 is 10.2. The van der Waals surface area contributed by atoms with E-state index in [9.17, 15) is 9.18 Å². The zero-order valence-electron chi connectivity index (χ0n) is 9.17. The molecule has 0 saturated carbocycles. The predicted molar refractivity (Wildman–Crippen MR) is 73.4 cm³/mol. The van der Waals surface area contributed by atoms with Crippen LogP contribution in [0.25, 0.3) is 0 Å². The van der Waals surface area contributed by atoms with E-state index in [1.165, 1.54) is 36.6 Å². The predicted octanol–water partition coefficient (Wildman–Crippen LogP) is 4.54. The number of ketones is 1. The number of ether oxygens (including phenoxy) is 1. The fourth-order valence-corrected chi connectivity index (χ4v) is 3.05. The van der Waals surface area contributed by atoms with Crippen molar-refractivity contribution in [3.8, 4) is 5.75 Å². The minimum absolute atomic E-state index is 0.00113. The van der Waals surface area contributed by atoms with Crippen molar-refractivity contribution in [2.45, 2.75) is 0 Å². The molecule has 6 heteroatoms. The maximum Gasteiger partial charge on any atom is 0.205 e. The first-order chi connectivity index (χ1) is 8.52. The first-order valence-corrected chi connectivity index (χ1v) is 6.84. The van der Waals surface area contributed by atoms with E-state index in [4.69, 9.17) is 16.3 Å². The van der Waals surface area contributed by atoms with E-state index >= 15 is 0 Å². The Labute approximate surface area is 120 Å². The Kier molecular flexibility index (Phi) is 4.04. The summed E-state index contributed by atoms with van der Waals surface area (Å²) in [5, 5.41) is 0.442. The van der Waals surface area contributed by atoms with Crippen molar-refractivity contribution in [2.24, 2.45) is 0 Å². The van der Waals surface area contributed by atoms with Gasteiger partial charge in [-0.05, 0) is 34.1 Å². The molecule has 1 aromatic carbocycles. The van der Waals surface area contributed by atoms with E-state index in [1.54, 1.807) is 6.07 Å². The molecule has 18 heavy (non-hydrogen) atoms. The summed E-state index contributed by atoms with van der Waals surface area (Å²) in [6.07, 6.45) is 0. The number of carbonyl (C=O) groups is 1. The molecular weight excluding hydrogens is 343 g/mol. The molecule has 1 heterocycles. The third-order valence-corrected chi connectivity index (χ3v) is 4.76. The van der Waals surface area contributed by atoms with Crippen molar-refractivity contribution in [1.82, 2.24) is 0 Å². The largest absolute Gasteiger partial charge is 0.497 e. The molecule has 0 bridgehead atoms. The maximum atomic E-state index is 13.7. The molecule has 2 aromatic rings. The molecule has 0 aliphatic heterocycles. The minimum Gasteiger partial charge on any atom is -0.497 e. The number of benzene rings is 1. The summed E-state index contributed by atoms with van der Waals surface area (Å²) in [6.45, 7) is 0. The molecular formula is C12H7BrClFO2S. The van der Waals surface area contributed by atoms with Gasteiger partial charge in [0.1, 0.15) is 11.6 Å². The van der Waals surface area contributed by atoms with Gasteiger partial charge in [0.2, 0.25) is 5.78 Å². The van der Waals surface area contributed by atoms with Gasteiger partial charge in [0.25, 0.3) is 0 Å². The molecule has 0 spiro atoms. The van der Waals surface area contributed by atoms with E-state index in [-0.39, 0.29) is 5.56 Å². The number of carbonyl (C=O) groups excluding carboxylic acids is 1. The third kappa shape index (κ3) is 2.58. The fraction of sp³-hybridized carbons (Fsp3) is 0.0833. The number of halogens is 3. The van der Waals surface area contributed by atoms with Crippen molar-refractivity contribution < 1.29 is 13.9 Å². The lowest BCUT2D eigenvalue weighted by Crippen LogP contribution is -2.02. The van der Waals surface area contributed by atoms with E-state index in [2.05, 4.69) is 15.9 Å². The summed E-state index contributed by atoms with van der Waals surface area (Å²) in [7, 11) is 1.44. The standard InChI is InChI=1S/C12H7BrClFO2S/c1-17-6-2-3-7(9(15)4-6)11(16)10-5-8(14)12(13)18-10/h2-5H,1H3. The van der Waals surface area contributed by atoms with Crippen LogP contribution in [0, 0.1) is 5.82 Å². The SMILES string of the molecule is COc1ccc(C(=O)c2cc(Cl)c(Br)s2)c(F)c1. The molecule has 0 amide bonds. The maximum absolute atomic E-state index is 13.7. The molecule has 0 saturated heterocycles. The van der Waals surface area contributed by atoms with Crippen molar-refractivity contribution in [1.29, 1.82) is 0 Å². The molecule has 0 aliphatic rings. The molecule has 0 radical (unpaired) electrons. The van der Waals surface area contributed by atoms with Crippen LogP contribution < -0.4 is 4.74 Å². The van der Waals surface area contributed by atoms with Gasteiger partial charge in [0.15, 0.2) is 0 Å². The van der Waals surface area contributed by atoms with Crippen LogP contribution in [0.15, 0.2) is 28.1 Å². The summed E-state index contributed by atoms with van der Waals surface area (Å²) < 4.78 is 19.3. The molecule has 2 rings (SSSR count). The van der Waals surface area contributed by atoms with Gasteiger partial charge in [-0.25, -0.2) is 4.39 Å². The Bertz CT molecular complexity index is 593.